The van der Waals surface area contributed by atoms with E-state index >= 15 is 0 Å². The molecule has 0 spiro atoms. The molecule has 1 heterocycles. The SMILES string of the molecule is N#Cc1cnc(NCc2ccccc2Cl)nc1NC[C@@]12CC3C[C@H](C1)[C@@H](NCCO)[C@@H](C3)C2. The molecule has 4 bridgehead atoms. The van der Waals surface area contributed by atoms with Gasteiger partial charge in [0.2, 0.25) is 5.95 Å². The highest BCUT2D eigenvalue weighted by Gasteiger charge is 2.54. The molecule has 4 aliphatic rings. The second-order valence-electron chi connectivity index (χ2n) is 10.0. The van der Waals surface area contributed by atoms with Gasteiger partial charge in [0.25, 0.3) is 0 Å². The first-order valence-electron chi connectivity index (χ1n) is 11.9. The van der Waals surface area contributed by atoms with Crippen molar-refractivity contribution in [2.45, 2.75) is 44.7 Å². The molecule has 33 heavy (non-hydrogen) atoms. The molecule has 4 aliphatic carbocycles. The maximum atomic E-state index is 9.59. The molecule has 0 saturated heterocycles. The number of hydrogen-bond donors (Lipinski definition) is 4. The van der Waals surface area contributed by atoms with Crippen LogP contribution < -0.4 is 16.0 Å². The van der Waals surface area contributed by atoms with E-state index < -0.39 is 0 Å². The molecule has 6 rings (SSSR count). The number of hydrogen-bond acceptors (Lipinski definition) is 7. The standard InChI is InChI=1S/C25H31ClN6O/c26-21-4-2-1-3-17(21)13-29-24-30-14-20(12-27)23(32-24)31-15-25-9-16-7-18(10-25)22(28-5-6-33)19(8-16)11-25/h1-4,14,16,18-19,22,28,33H,5-11,13,15H2,(H2,29,30,31,32)/t16?,18-,19+,22-,25+. The van der Waals surface area contributed by atoms with Gasteiger partial charge in [-0.25, -0.2) is 4.98 Å². The van der Waals surface area contributed by atoms with Crippen LogP contribution in [-0.2, 0) is 6.54 Å². The first-order chi connectivity index (χ1) is 16.1. The molecule has 4 N–H and O–H groups in total. The number of aliphatic hydroxyl groups excluding tert-OH is 1. The molecule has 8 heteroatoms. The Morgan fingerprint density at radius 2 is 1.94 bits per heavy atom. The summed E-state index contributed by atoms with van der Waals surface area (Å²) in [4.78, 5) is 8.93. The van der Waals surface area contributed by atoms with E-state index in [1.54, 1.807) is 6.20 Å². The summed E-state index contributed by atoms with van der Waals surface area (Å²) >= 11 is 6.25. The largest absolute Gasteiger partial charge is 0.395 e. The van der Waals surface area contributed by atoms with Crippen molar-refractivity contribution in [2.75, 3.05) is 30.3 Å². The van der Waals surface area contributed by atoms with E-state index in [1.165, 1.54) is 32.1 Å². The number of nitrogens with zero attached hydrogens (tertiary/aromatic N) is 3. The number of halogens is 1. The fourth-order valence-corrected chi connectivity index (χ4v) is 6.95. The van der Waals surface area contributed by atoms with Gasteiger partial charge < -0.3 is 21.1 Å². The topological polar surface area (TPSA) is 106 Å². The number of anilines is 2. The lowest BCUT2D eigenvalue weighted by atomic mass is 9.48. The molecule has 5 atom stereocenters. The number of aromatic nitrogens is 2. The number of nitriles is 1. The fraction of sp³-hybridized carbons (Fsp3) is 0.560. The van der Waals surface area contributed by atoms with Crippen LogP contribution in [0.15, 0.2) is 30.5 Å². The summed E-state index contributed by atoms with van der Waals surface area (Å²) in [5.74, 6) is 3.23. The fourth-order valence-electron chi connectivity index (χ4n) is 6.74. The second-order valence-corrected chi connectivity index (χ2v) is 10.4. The summed E-state index contributed by atoms with van der Waals surface area (Å²) in [6, 6.07) is 10.4. The summed E-state index contributed by atoms with van der Waals surface area (Å²) in [6.45, 7) is 2.23. The summed E-state index contributed by atoms with van der Waals surface area (Å²) < 4.78 is 0. The number of rotatable bonds is 9. The van der Waals surface area contributed by atoms with Gasteiger partial charge >= 0.3 is 0 Å². The second kappa shape index (κ2) is 9.46. The van der Waals surface area contributed by atoms with Crippen LogP contribution in [0.1, 0.15) is 43.2 Å². The highest BCUT2D eigenvalue weighted by atomic mass is 35.5. The van der Waals surface area contributed by atoms with E-state index in [4.69, 9.17) is 11.6 Å². The lowest BCUT2D eigenvalue weighted by Gasteiger charge is -2.60. The molecule has 1 aromatic carbocycles. The van der Waals surface area contributed by atoms with Gasteiger partial charge in [-0.2, -0.15) is 10.2 Å². The minimum Gasteiger partial charge on any atom is -0.395 e. The highest BCUT2D eigenvalue weighted by molar-refractivity contribution is 6.31. The summed E-state index contributed by atoms with van der Waals surface area (Å²) in [5.41, 5.74) is 1.70. The van der Waals surface area contributed by atoms with Gasteiger partial charge in [-0.3, -0.25) is 0 Å². The van der Waals surface area contributed by atoms with E-state index in [2.05, 4.69) is 32.0 Å². The molecule has 2 aromatic rings. The van der Waals surface area contributed by atoms with Crippen LogP contribution in [0.4, 0.5) is 11.8 Å². The Kier molecular flexibility index (Phi) is 6.42. The molecule has 174 valence electrons. The summed E-state index contributed by atoms with van der Waals surface area (Å²) in [5, 5.41) is 29.9. The van der Waals surface area contributed by atoms with Crippen molar-refractivity contribution in [1.29, 1.82) is 5.26 Å². The van der Waals surface area contributed by atoms with E-state index in [0.29, 0.717) is 53.3 Å². The lowest BCUT2D eigenvalue weighted by molar-refractivity contribution is -0.0698. The third-order valence-corrected chi connectivity index (χ3v) is 8.20. The minimum atomic E-state index is 0.198. The maximum Gasteiger partial charge on any atom is 0.224 e. The predicted octanol–water partition coefficient (Wildman–Crippen LogP) is 3.80. The van der Waals surface area contributed by atoms with Crippen LogP contribution >= 0.6 is 11.6 Å². The first-order valence-corrected chi connectivity index (χ1v) is 12.3. The maximum absolute atomic E-state index is 9.59. The summed E-state index contributed by atoms with van der Waals surface area (Å²) in [7, 11) is 0. The molecule has 1 unspecified atom stereocenters. The van der Waals surface area contributed by atoms with E-state index in [-0.39, 0.29) is 12.0 Å². The number of benzene rings is 1. The Hall–Kier alpha value is -2.40. The van der Waals surface area contributed by atoms with Gasteiger partial charge in [0.1, 0.15) is 17.5 Å². The van der Waals surface area contributed by atoms with Crippen LogP contribution in [-0.4, -0.2) is 40.8 Å². The van der Waals surface area contributed by atoms with Gasteiger partial charge in [0.05, 0.1) is 12.8 Å². The highest BCUT2D eigenvalue weighted by Crippen LogP contribution is 2.60. The van der Waals surface area contributed by atoms with Crippen molar-refractivity contribution >= 4 is 23.4 Å². The van der Waals surface area contributed by atoms with Crippen molar-refractivity contribution < 1.29 is 5.11 Å². The van der Waals surface area contributed by atoms with Crippen molar-refractivity contribution in [3.05, 3.63) is 46.6 Å². The van der Waals surface area contributed by atoms with Crippen LogP contribution in [0, 0.1) is 34.5 Å². The molecule has 1 aromatic heterocycles. The van der Waals surface area contributed by atoms with Crippen molar-refractivity contribution in [3.8, 4) is 6.07 Å². The number of aliphatic hydroxyl groups is 1. The minimum absolute atomic E-state index is 0.198. The molecular weight excluding hydrogens is 436 g/mol. The third kappa shape index (κ3) is 4.65. The Morgan fingerprint density at radius 1 is 1.15 bits per heavy atom. The predicted molar refractivity (Wildman–Crippen MR) is 129 cm³/mol. The Bertz CT molecular complexity index is 1020. The average molecular weight is 467 g/mol. The molecule has 4 fully saturated rings. The van der Waals surface area contributed by atoms with Crippen LogP contribution in [0.2, 0.25) is 5.02 Å². The van der Waals surface area contributed by atoms with Crippen molar-refractivity contribution in [1.82, 2.24) is 15.3 Å². The zero-order valence-corrected chi connectivity index (χ0v) is 19.5. The van der Waals surface area contributed by atoms with Gasteiger partial charge in [-0.05, 0) is 66.9 Å². The van der Waals surface area contributed by atoms with Crippen LogP contribution in [0.3, 0.4) is 0 Å². The van der Waals surface area contributed by atoms with Crippen molar-refractivity contribution in [3.63, 3.8) is 0 Å². The monoisotopic (exact) mass is 466 g/mol. The summed E-state index contributed by atoms with van der Waals surface area (Å²) in [6.07, 6.45) is 7.83. The van der Waals surface area contributed by atoms with E-state index in [1.807, 2.05) is 24.3 Å². The zero-order chi connectivity index (χ0) is 22.8. The zero-order valence-electron chi connectivity index (χ0n) is 18.7. The molecule has 0 aliphatic heterocycles. The Balaban J connectivity index is 1.26. The van der Waals surface area contributed by atoms with E-state index in [9.17, 15) is 10.4 Å². The Labute approximate surface area is 200 Å². The molecule has 0 radical (unpaired) electrons. The van der Waals surface area contributed by atoms with Crippen molar-refractivity contribution in [2.24, 2.45) is 23.2 Å². The van der Waals surface area contributed by atoms with Gasteiger partial charge in [0.15, 0.2) is 0 Å². The van der Waals surface area contributed by atoms with Crippen LogP contribution in [0.25, 0.3) is 0 Å². The normalized spacial score (nSPS) is 29.6. The quantitative estimate of drug-likeness (QED) is 0.445. The number of nitrogens with one attached hydrogen (secondary N) is 3. The smallest absolute Gasteiger partial charge is 0.224 e. The molecule has 7 nitrogen and oxygen atoms in total. The third-order valence-electron chi connectivity index (χ3n) is 7.83. The first kappa shape index (κ1) is 22.4. The van der Waals surface area contributed by atoms with Crippen LogP contribution in [0.5, 0.6) is 0 Å². The Morgan fingerprint density at radius 3 is 2.67 bits per heavy atom. The molecule has 0 amide bonds. The van der Waals surface area contributed by atoms with Gasteiger partial charge in [-0.1, -0.05) is 29.8 Å². The van der Waals surface area contributed by atoms with E-state index in [0.717, 1.165) is 18.0 Å². The average Bonchev–Trinajstić information content (AvgIpc) is 2.81. The van der Waals surface area contributed by atoms with Gasteiger partial charge in [-0.15, -0.1) is 0 Å². The molecular formula is C25H31ClN6O. The lowest BCUT2D eigenvalue weighted by Crippen LogP contribution is -2.60. The van der Waals surface area contributed by atoms with Gasteiger partial charge in [0, 0.05) is 30.7 Å². The molecule has 4 saturated carbocycles.